The largest absolute Gasteiger partial charge is 0.388 e. The molecule has 0 radical (unpaired) electrons. The van der Waals surface area contributed by atoms with E-state index >= 15 is 0 Å². The summed E-state index contributed by atoms with van der Waals surface area (Å²) in [5, 5.41) is 10.1. The van der Waals surface area contributed by atoms with Crippen molar-refractivity contribution in [2.24, 2.45) is 0 Å². The lowest BCUT2D eigenvalue weighted by Gasteiger charge is -2.16. The van der Waals surface area contributed by atoms with Crippen molar-refractivity contribution in [1.82, 2.24) is 9.97 Å². The monoisotopic (exact) mass is 243 g/mol. The minimum Gasteiger partial charge on any atom is -0.388 e. The van der Waals surface area contributed by atoms with Gasteiger partial charge in [-0.1, -0.05) is 11.6 Å². The van der Waals surface area contributed by atoms with Gasteiger partial charge in [0.25, 0.3) is 0 Å². The molecule has 0 spiro atoms. The van der Waals surface area contributed by atoms with Gasteiger partial charge in [-0.25, -0.2) is 9.97 Å². The lowest BCUT2D eigenvalue weighted by molar-refractivity contribution is 0.0217. The molecule has 0 unspecified atom stereocenters. The SMILES string of the molecule is CO[C@H]1CN(c2cc(Cl)nc(C)n2)C[C@@H]1O. The van der Waals surface area contributed by atoms with E-state index < -0.39 is 6.10 Å². The van der Waals surface area contributed by atoms with Gasteiger partial charge in [0.15, 0.2) is 0 Å². The third-order valence-electron chi connectivity index (χ3n) is 2.66. The summed E-state index contributed by atoms with van der Waals surface area (Å²) < 4.78 is 5.17. The number of aromatic nitrogens is 2. The molecule has 0 bridgehead atoms. The number of aliphatic hydroxyl groups is 1. The van der Waals surface area contributed by atoms with Crippen LogP contribution in [-0.4, -0.2) is 47.5 Å². The minimum absolute atomic E-state index is 0.172. The number of rotatable bonds is 2. The van der Waals surface area contributed by atoms with E-state index in [1.165, 1.54) is 0 Å². The van der Waals surface area contributed by atoms with Gasteiger partial charge >= 0.3 is 0 Å². The van der Waals surface area contributed by atoms with E-state index in [0.717, 1.165) is 5.82 Å². The average Bonchev–Trinajstić information content (AvgIpc) is 2.58. The molecule has 1 aliphatic rings. The quantitative estimate of drug-likeness (QED) is 0.773. The smallest absolute Gasteiger partial charge is 0.134 e. The van der Waals surface area contributed by atoms with Crippen LogP contribution in [0.25, 0.3) is 0 Å². The number of hydrogen-bond acceptors (Lipinski definition) is 5. The van der Waals surface area contributed by atoms with E-state index in [1.807, 2.05) is 4.90 Å². The average molecular weight is 244 g/mol. The van der Waals surface area contributed by atoms with Gasteiger partial charge in [0.1, 0.15) is 22.9 Å². The Hall–Kier alpha value is -0.910. The molecule has 0 amide bonds. The van der Waals surface area contributed by atoms with Gasteiger partial charge in [0, 0.05) is 26.3 Å². The Morgan fingerprint density at radius 2 is 2.25 bits per heavy atom. The standard InChI is InChI=1S/C10H14ClN3O2/c1-6-12-9(11)3-10(13-6)14-4-7(15)8(5-14)16-2/h3,7-8,15H,4-5H2,1-2H3/t7-,8-/m0/s1. The normalized spacial score (nSPS) is 25.1. The number of β-amino-alcohol motifs (C(OH)–C–C–N with tert-alkyl or cyclic N) is 1. The third kappa shape index (κ3) is 2.26. The molecule has 0 saturated carbocycles. The highest BCUT2D eigenvalue weighted by Gasteiger charge is 2.32. The molecule has 0 aromatic carbocycles. The maximum Gasteiger partial charge on any atom is 0.134 e. The van der Waals surface area contributed by atoms with Crippen molar-refractivity contribution in [2.75, 3.05) is 25.1 Å². The van der Waals surface area contributed by atoms with E-state index in [0.29, 0.717) is 24.1 Å². The van der Waals surface area contributed by atoms with Gasteiger partial charge in [0.05, 0.1) is 6.10 Å². The highest BCUT2D eigenvalue weighted by Crippen LogP contribution is 2.22. The summed E-state index contributed by atoms with van der Waals surface area (Å²) in [5.41, 5.74) is 0. The maximum absolute atomic E-state index is 9.72. The summed E-state index contributed by atoms with van der Waals surface area (Å²) in [6.07, 6.45) is -0.659. The van der Waals surface area contributed by atoms with Crippen LogP contribution in [0.1, 0.15) is 5.82 Å². The fourth-order valence-corrected chi connectivity index (χ4v) is 2.07. The van der Waals surface area contributed by atoms with Crippen LogP contribution in [0, 0.1) is 6.92 Å². The molecule has 1 fully saturated rings. The van der Waals surface area contributed by atoms with Crippen LogP contribution in [0.2, 0.25) is 5.15 Å². The van der Waals surface area contributed by atoms with Crippen molar-refractivity contribution in [1.29, 1.82) is 0 Å². The van der Waals surface area contributed by atoms with Crippen molar-refractivity contribution in [3.63, 3.8) is 0 Å². The molecular formula is C10H14ClN3O2. The summed E-state index contributed by atoms with van der Waals surface area (Å²) in [6.45, 7) is 2.91. The van der Waals surface area contributed by atoms with Gasteiger partial charge in [-0.3, -0.25) is 0 Å². The molecule has 2 heterocycles. The number of ether oxygens (including phenoxy) is 1. The third-order valence-corrected chi connectivity index (χ3v) is 2.85. The molecule has 0 aliphatic carbocycles. The molecule has 1 aromatic rings. The molecule has 1 aliphatic heterocycles. The molecule has 1 aromatic heterocycles. The van der Waals surface area contributed by atoms with Crippen LogP contribution >= 0.6 is 11.6 Å². The molecule has 2 rings (SSSR count). The van der Waals surface area contributed by atoms with Crippen LogP contribution in [-0.2, 0) is 4.74 Å². The Kier molecular flexibility index (Phi) is 3.28. The van der Waals surface area contributed by atoms with Crippen LogP contribution < -0.4 is 4.90 Å². The number of methoxy groups -OCH3 is 1. The fourth-order valence-electron chi connectivity index (χ4n) is 1.85. The number of nitrogens with zero attached hydrogens (tertiary/aromatic N) is 3. The summed E-state index contributed by atoms with van der Waals surface area (Å²) in [6, 6.07) is 1.69. The molecule has 1 saturated heterocycles. The number of aliphatic hydroxyl groups excluding tert-OH is 1. The first-order valence-electron chi connectivity index (χ1n) is 5.07. The van der Waals surface area contributed by atoms with E-state index in [1.54, 1.807) is 20.1 Å². The summed E-state index contributed by atoms with van der Waals surface area (Å²) in [5.74, 6) is 1.36. The minimum atomic E-state index is -0.487. The predicted octanol–water partition coefficient (Wildman–Crippen LogP) is 0.634. The Bertz CT molecular complexity index is 368. The lowest BCUT2D eigenvalue weighted by Crippen LogP contribution is -2.25. The Morgan fingerprint density at radius 1 is 1.50 bits per heavy atom. The first-order valence-corrected chi connectivity index (χ1v) is 5.45. The zero-order valence-corrected chi connectivity index (χ0v) is 9.98. The topological polar surface area (TPSA) is 58.5 Å². The molecule has 5 nitrogen and oxygen atoms in total. The van der Waals surface area contributed by atoms with Crippen LogP contribution in [0.15, 0.2) is 6.07 Å². The molecule has 6 heteroatoms. The fraction of sp³-hybridized carbons (Fsp3) is 0.600. The second-order valence-electron chi connectivity index (χ2n) is 3.84. The molecule has 2 atom stereocenters. The maximum atomic E-state index is 9.72. The van der Waals surface area contributed by atoms with Crippen molar-refractivity contribution in [3.05, 3.63) is 17.0 Å². The van der Waals surface area contributed by atoms with E-state index in [4.69, 9.17) is 16.3 Å². The number of hydrogen-bond donors (Lipinski definition) is 1. The van der Waals surface area contributed by atoms with Crippen molar-refractivity contribution in [2.45, 2.75) is 19.1 Å². The van der Waals surface area contributed by atoms with Crippen molar-refractivity contribution >= 4 is 17.4 Å². The summed E-state index contributed by atoms with van der Waals surface area (Å²) in [7, 11) is 1.59. The second kappa shape index (κ2) is 4.53. The highest BCUT2D eigenvalue weighted by molar-refractivity contribution is 6.29. The number of aryl methyl sites for hydroxylation is 1. The van der Waals surface area contributed by atoms with Gasteiger partial charge in [0.2, 0.25) is 0 Å². The first-order chi connectivity index (χ1) is 7.60. The Morgan fingerprint density at radius 3 is 2.81 bits per heavy atom. The second-order valence-corrected chi connectivity index (χ2v) is 4.23. The van der Waals surface area contributed by atoms with Gasteiger partial charge in [-0.05, 0) is 6.92 Å². The first kappa shape index (κ1) is 11.6. The van der Waals surface area contributed by atoms with Gasteiger partial charge in [-0.15, -0.1) is 0 Å². The summed E-state index contributed by atoms with van der Waals surface area (Å²) in [4.78, 5) is 10.2. The van der Waals surface area contributed by atoms with Gasteiger partial charge in [-0.2, -0.15) is 0 Å². The van der Waals surface area contributed by atoms with Crippen molar-refractivity contribution < 1.29 is 9.84 Å². The van der Waals surface area contributed by atoms with Gasteiger partial charge < -0.3 is 14.7 Å². The molecule has 16 heavy (non-hydrogen) atoms. The predicted molar refractivity (Wildman–Crippen MR) is 60.8 cm³/mol. The highest BCUT2D eigenvalue weighted by atomic mass is 35.5. The Balaban J connectivity index is 2.19. The van der Waals surface area contributed by atoms with Crippen molar-refractivity contribution in [3.8, 4) is 0 Å². The van der Waals surface area contributed by atoms with Crippen LogP contribution in [0.5, 0.6) is 0 Å². The van der Waals surface area contributed by atoms with E-state index in [2.05, 4.69) is 9.97 Å². The number of anilines is 1. The zero-order valence-electron chi connectivity index (χ0n) is 9.22. The molecular weight excluding hydrogens is 230 g/mol. The van der Waals surface area contributed by atoms with E-state index in [9.17, 15) is 5.11 Å². The lowest BCUT2D eigenvalue weighted by atomic mass is 10.3. The number of halogens is 1. The molecule has 88 valence electrons. The van der Waals surface area contributed by atoms with Crippen LogP contribution in [0.3, 0.4) is 0 Å². The van der Waals surface area contributed by atoms with E-state index in [-0.39, 0.29) is 6.10 Å². The summed E-state index contributed by atoms with van der Waals surface area (Å²) >= 11 is 5.86. The molecule has 1 N–H and O–H groups in total. The van der Waals surface area contributed by atoms with Crippen LogP contribution in [0.4, 0.5) is 5.82 Å². The Labute approximate surface area is 99.0 Å². The zero-order chi connectivity index (χ0) is 11.7.